The van der Waals surface area contributed by atoms with Crippen LogP contribution in [0.4, 0.5) is 0 Å². The lowest BCUT2D eigenvalue weighted by molar-refractivity contribution is -0.143. The molecule has 0 saturated heterocycles. The second kappa shape index (κ2) is 7.40. The first-order valence-electron chi connectivity index (χ1n) is 6.24. The Morgan fingerprint density at radius 2 is 2.00 bits per heavy atom. The van der Waals surface area contributed by atoms with E-state index in [9.17, 15) is 9.59 Å². The minimum absolute atomic E-state index is 0.226. The third kappa shape index (κ3) is 4.61. The molecule has 0 radical (unpaired) electrons. The number of imidazole rings is 1. The van der Waals surface area contributed by atoms with Crippen LogP contribution in [0.1, 0.15) is 44.0 Å². The van der Waals surface area contributed by atoms with Crippen LogP contribution in [0.5, 0.6) is 0 Å². The van der Waals surface area contributed by atoms with Crippen LogP contribution >= 0.6 is 0 Å². The molecule has 19 heavy (non-hydrogen) atoms. The molecular formula is C12H19N3O4. The third-order valence-electron chi connectivity index (χ3n) is 2.67. The number of aryl methyl sites for hydroxylation is 1. The van der Waals surface area contributed by atoms with E-state index in [-0.39, 0.29) is 11.7 Å². The summed E-state index contributed by atoms with van der Waals surface area (Å²) in [7, 11) is 0. The standard InChI is InChI=1S/C12H19N3O4/c1-3-19-10(16)7-5-4-6-9(15-18)11-8(2)13-12(17)14-11/h18H,3-7H2,1-2H3,(H2,13,14,17)/b15-9-. The number of unbranched alkanes of at least 4 members (excludes halogenated alkanes) is 1. The average molecular weight is 269 g/mol. The minimum atomic E-state index is -0.333. The Balaban J connectivity index is 2.45. The normalized spacial score (nSPS) is 11.6. The molecule has 7 heteroatoms. The van der Waals surface area contributed by atoms with Crippen LogP contribution in [-0.2, 0) is 9.53 Å². The van der Waals surface area contributed by atoms with Crippen molar-refractivity contribution in [3.05, 3.63) is 21.9 Å². The number of rotatable bonds is 7. The van der Waals surface area contributed by atoms with Gasteiger partial charge in [0.1, 0.15) is 5.71 Å². The number of carbonyl (C=O) groups excluding carboxylic acids is 1. The van der Waals surface area contributed by atoms with Crippen molar-refractivity contribution < 1.29 is 14.7 Å². The number of aromatic amines is 2. The molecule has 1 heterocycles. The van der Waals surface area contributed by atoms with Gasteiger partial charge in [-0.15, -0.1) is 0 Å². The van der Waals surface area contributed by atoms with Gasteiger partial charge in [-0.3, -0.25) is 4.79 Å². The van der Waals surface area contributed by atoms with E-state index in [4.69, 9.17) is 9.94 Å². The van der Waals surface area contributed by atoms with Gasteiger partial charge in [-0.05, 0) is 33.1 Å². The highest BCUT2D eigenvalue weighted by atomic mass is 16.5. The van der Waals surface area contributed by atoms with Gasteiger partial charge in [-0.25, -0.2) is 4.79 Å². The fourth-order valence-electron chi connectivity index (χ4n) is 1.78. The van der Waals surface area contributed by atoms with Crippen molar-refractivity contribution in [2.75, 3.05) is 6.61 Å². The summed E-state index contributed by atoms with van der Waals surface area (Å²) in [5.41, 5.74) is 1.20. The lowest BCUT2D eigenvalue weighted by Gasteiger charge is -2.04. The van der Waals surface area contributed by atoms with Crippen molar-refractivity contribution >= 4 is 11.7 Å². The van der Waals surface area contributed by atoms with Crippen molar-refractivity contribution in [3.8, 4) is 0 Å². The van der Waals surface area contributed by atoms with Gasteiger partial charge in [0.2, 0.25) is 0 Å². The van der Waals surface area contributed by atoms with Crippen LogP contribution < -0.4 is 5.69 Å². The van der Waals surface area contributed by atoms with E-state index in [0.29, 0.717) is 49.4 Å². The van der Waals surface area contributed by atoms with Crippen molar-refractivity contribution in [1.82, 2.24) is 9.97 Å². The second-order valence-electron chi connectivity index (χ2n) is 4.14. The lowest BCUT2D eigenvalue weighted by atomic mass is 10.1. The maximum atomic E-state index is 11.1. The Kier molecular flexibility index (Phi) is 5.84. The van der Waals surface area contributed by atoms with Crippen LogP contribution in [-0.4, -0.2) is 33.5 Å². The molecule has 0 bridgehead atoms. The van der Waals surface area contributed by atoms with E-state index in [0.717, 1.165) is 0 Å². The monoisotopic (exact) mass is 269 g/mol. The second-order valence-corrected chi connectivity index (χ2v) is 4.14. The molecule has 106 valence electrons. The highest BCUT2D eigenvalue weighted by Gasteiger charge is 2.11. The summed E-state index contributed by atoms with van der Waals surface area (Å²) in [5, 5.41) is 12.2. The molecule has 0 spiro atoms. The molecule has 0 amide bonds. The van der Waals surface area contributed by atoms with Crippen molar-refractivity contribution in [2.45, 2.75) is 39.5 Å². The number of nitrogens with one attached hydrogen (secondary N) is 2. The van der Waals surface area contributed by atoms with Crippen molar-refractivity contribution in [1.29, 1.82) is 0 Å². The zero-order valence-electron chi connectivity index (χ0n) is 11.2. The molecule has 0 aliphatic carbocycles. The molecule has 0 unspecified atom stereocenters. The highest BCUT2D eigenvalue weighted by Crippen LogP contribution is 2.09. The van der Waals surface area contributed by atoms with Gasteiger partial charge in [0.15, 0.2) is 0 Å². The van der Waals surface area contributed by atoms with Crippen molar-refractivity contribution in [3.63, 3.8) is 0 Å². The number of esters is 1. The number of aromatic nitrogens is 2. The summed E-state index contributed by atoms with van der Waals surface area (Å²) >= 11 is 0. The summed E-state index contributed by atoms with van der Waals surface area (Å²) in [6.07, 6.45) is 2.14. The van der Waals surface area contributed by atoms with Crippen molar-refractivity contribution in [2.24, 2.45) is 5.16 Å². The van der Waals surface area contributed by atoms with Gasteiger partial charge in [-0.1, -0.05) is 5.16 Å². The molecule has 0 fully saturated rings. The first kappa shape index (κ1) is 15.0. The van der Waals surface area contributed by atoms with Gasteiger partial charge in [0, 0.05) is 12.1 Å². The molecule has 1 aromatic rings. The van der Waals surface area contributed by atoms with Crippen LogP contribution in [0.25, 0.3) is 0 Å². The largest absolute Gasteiger partial charge is 0.466 e. The number of nitrogens with zero attached hydrogens (tertiary/aromatic N) is 1. The van der Waals surface area contributed by atoms with E-state index < -0.39 is 0 Å². The minimum Gasteiger partial charge on any atom is -0.466 e. The molecule has 0 aliphatic heterocycles. The molecule has 3 N–H and O–H groups in total. The average Bonchev–Trinajstić information content (AvgIpc) is 2.69. The maximum absolute atomic E-state index is 11.1. The molecule has 0 atom stereocenters. The van der Waals surface area contributed by atoms with E-state index in [1.54, 1.807) is 13.8 Å². The Labute approximate surface area is 110 Å². The molecule has 0 aromatic carbocycles. The SMILES string of the molecule is CCOC(=O)CCCC/C(=N/O)c1[nH]c(=O)[nH]c1C. The van der Waals surface area contributed by atoms with Crippen LogP contribution in [0, 0.1) is 6.92 Å². The summed E-state index contributed by atoms with van der Waals surface area (Å²) in [6.45, 7) is 3.86. The quantitative estimate of drug-likeness (QED) is 0.228. The predicted molar refractivity (Wildman–Crippen MR) is 69.6 cm³/mol. The van der Waals surface area contributed by atoms with Gasteiger partial charge >= 0.3 is 11.7 Å². The summed E-state index contributed by atoms with van der Waals surface area (Å²) in [6, 6.07) is 0. The number of carbonyl (C=O) groups is 1. The number of H-pyrrole nitrogens is 2. The Morgan fingerprint density at radius 1 is 1.32 bits per heavy atom. The molecular weight excluding hydrogens is 250 g/mol. The summed E-state index contributed by atoms with van der Waals surface area (Å²) in [4.78, 5) is 27.4. The summed E-state index contributed by atoms with van der Waals surface area (Å²) < 4.78 is 4.81. The Bertz CT molecular complexity index is 501. The van der Waals surface area contributed by atoms with E-state index in [1.807, 2.05) is 0 Å². The fraction of sp³-hybridized carbons (Fsp3) is 0.583. The first-order chi connectivity index (χ1) is 9.08. The smallest absolute Gasteiger partial charge is 0.323 e. The van der Waals surface area contributed by atoms with E-state index in [1.165, 1.54) is 0 Å². The van der Waals surface area contributed by atoms with E-state index in [2.05, 4.69) is 15.1 Å². The lowest BCUT2D eigenvalue weighted by Crippen LogP contribution is -2.08. The predicted octanol–water partition coefficient (Wildman–Crippen LogP) is 1.31. The first-order valence-corrected chi connectivity index (χ1v) is 6.24. The Morgan fingerprint density at radius 3 is 2.53 bits per heavy atom. The highest BCUT2D eigenvalue weighted by molar-refractivity contribution is 5.99. The third-order valence-corrected chi connectivity index (χ3v) is 2.67. The number of hydrogen-bond donors (Lipinski definition) is 3. The molecule has 1 aromatic heterocycles. The van der Waals surface area contributed by atoms with Crippen LogP contribution in [0.2, 0.25) is 0 Å². The van der Waals surface area contributed by atoms with Crippen LogP contribution in [0.3, 0.4) is 0 Å². The van der Waals surface area contributed by atoms with Gasteiger partial charge in [-0.2, -0.15) is 0 Å². The number of oxime groups is 1. The molecule has 0 saturated carbocycles. The Hall–Kier alpha value is -2.05. The van der Waals surface area contributed by atoms with Crippen LogP contribution in [0.15, 0.2) is 9.95 Å². The summed E-state index contributed by atoms with van der Waals surface area (Å²) in [5.74, 6) is -0.226. The topological polar surface area (TPSA) is 108 Å². The van der Waals surface area contributed by atoms with Gasteiger partial charge in [0.25, 0.3) is 0 Å². The molecule has 0 aliphatic rings. The maximum Gasteiger partial charge on any atom is 0.323 e. The van der Waals surface area contributed by atoms with Gasteiger partial charge < -0.3 is 19.9 Å². The zero-order valence-corrected chi connectivity index (χ0v) is 11.2. The van der Waals surface area contributed by atoms with Gasteiger partial charge in [0.05, 0.1) is 12.3 Å². The fourth-order valence-corrected chi connectivity index (χ4v) is 1.78. The number of ether oxygens (including phenoxy) is 1. The van der Waals surface area contributed by atoms with E-state index >= 15 is 0 Å². The zero-order chi connectivity index (χ0) is 14.3. The molecule has 1 rings (SSSR count). The number of hydrogen-bond acceptors (Lipinski definition) is 5. The molecule has 7 nitrogen and oxygen atoms in total.